The summed E-state index contributed by atoms with van der Waals surface area (Å²) in [7, 11) is 3.92. The molecule has 1 fully saturated rings. The number of methoxy groups -OCH3 is 1. The first-order valence-electron chi connectivity index (χ1n) is 7.91. The number of benzene rings is 1. The molecule has 2 N–H and O–H groups in total. The minimum absolute atomic E-state index is 0.118. The number of piperazine rings is 1. The number of para-hydroxylation sites is 1. The highest BCUT2D eigenvalue weighted by Crippen LogP contribution is 2.34. The molecule has 21 heavy (non-hydrogen) atoms. The smallest absolute Gasteiger partial charge is 0.123 e. The van der Waals surface area contributed by atoms with Gasteiger partial charge in [-0.2, -0.15) is 0 Å². The van der Waals surface area contributed by atoms with Crippen molar-refractivity contribution in [3.05, 3.63) is 29.8 Å². The molecule has 1 saturated heterocycles. The molecule has 0 amide bonds. The molecule has 2 rings (SSSR count). The predicted octanol–water partition coefficient (Wildman–Crippen LogP) is 2.11. The lowest BCUT2D eigenvalue weighted by Crippen LogP contribution is -2.55. The van der Waals surface area contributed by atoms with Crippen molar-refractivity contribution in [1.29, 1.82) is 0 Å². The van der Waals surface area contributed by atoms with Gasteiger partial charge in [-0.25, -0.2) is 0 Å². The van der Waals surface area contributed by atoms with Gasteiger partial charge in [0, 0.05) is 37.3 Å². The molecule has 0 aromatic heterocycles. The molecule has 1 aliphatic heterocycles. The lowest BCUT2D eigenvalue weighted by molar-refractivity contribution is 0.0482. The molecule has 1 aromatic carbocycles. The van der Waals surface area contributed by atoms with Crippen molar-refractivity contribution in [2.45, 2.75) is 38.4 Å². The fourth-order valence-corrected chi connectivity index (χ4v) is 3.36. The van der Waals surface area contributed by atoms with Gasteiger partial charge in [-0.15, -0.1) is 0 Å². The lowest BCUT2D eigenvalue weighted by Gasteiger charge is -2.45. The zero-order valence-corrected chi connectivity index (χ0v) is 13.7. The highest BCUT2D eigenvalue weighted by atomic mass is 16.5. The molecule has 1 aliphatic rings. The van der Waals surface area contributed by atoms with Gasteiger partial charge in [-0.3, -0.25) is 4.90 Å². The van der Waals surface area contributed by atoms with Crippen LogP contribution in [0.4, 0.5) is 0 Å². The van der Waals surface area contributed by atoms with Gasteiger partial charge in [0.2, 0.25) is 0 Å². The minimum atomic E-state index is 0.118. The third-order valence-electron chi connectivity index (χ3n) is 4.57. The van der Waals surface area contributed by atoms with Crippen LogP contribution in [-0.4, -0.2) is 55.7 Å². The van der Waals surface area contributed by atoms with E-state index in [4.69, 9.17) is 10.5 Å². The molecule has 4 heteroatoms. The monoisotopic (exact) mass is 291 g/mol. The Hall–Kier alpha value is -1.10. The van der Waals surface area contributed by atoms with Crippen molar-refractivity contribution in [3.63, 3.8) is 0 Å². The van der Waals surface area contributed by atoms with E-state index >= 15 is 0 Å². The maximum absolute atomic E-state index is 6.49. The van der Waals surface area contributed by atoms with Crippen molar-refractivity contribution < 1.29 is 4.74 Å². The van der Waals surface area contributed by atoms with Gasteiger partial charge in [-0.1, -0.05) is 25.1 Å². The van der Waals surface area contributed by atoms with Crippen molar-refractivity contribution in [3.8, 4) is 5.75 Å². The summed E-state index contributed by atoms with van der Waals surface area (Å²) in [6.07, 6.45) is 0.960. The summed E-state index contributed by atoms with van der Waals surface area (Å²) in [5.41, 5.74) is 7.70. The normalized spacial score (nSPS) is 23.8. The van der Waals surface area contributed by atoms with E-state index in [-0.39, 0.29) is 12.1 Å². The molecule has 0 bridgehead atoms. The number of nitrogens with two attached hydrogens (primary N) is 1. The molecule has 0 radical (unpaired) electrons. The molecule has 0 aliphatic carbocycles. The van der Waals surface area contributed by atoms with Crippen LogP contribution in [0, 0.1) is 0 Å². The zero-order valence-electron chi connectivity index (χ0n) is 13.7. The average Bonchev–Trinajstić information content (AvgIpc) is 2.49. The van der Waals surface area contributed by atoms with Crippen LogP contribution >= 0.6 is 0 Å². The second kappa shape index (κ2) is 7.25. The van der Waals surface area contributed by atoms with Crippen LogP contribution in [0.15, 0.2) is 24.3 Å². The van der Waals surface area contributed by atoms with Crippen LogP contribution in [0.3, 0.4) is 0 Å². The summed E-state index contributed by atoms with van der Waals surface area (Å²) in [6.45, 7) is 7.68. The van der Waals surface area contributed by atoms with Crippen molar-refractivity contribution in [1.82, 2.24) is 9.80 Å². The lowest BCUT2D eigenvalue weighted by atomic mass is 9.93. The zero-order chi connectivity index (χ0) is 15.4. The molecular weight excluding hydrogens is 262 g/mol. The third kappa shape index (κ3) is 3.57. The number of ether oxygens (including phenoxy) is 1. The average molecular weight is 291 g/mol. The van der Waals surface area contributed by atoms with Gasteiger partial charge < -0.3 is 15.4 Å². The minimum Gasteiger partial charge on any atom is -0.496 e. The second-order valence-corrected chi connectivity index (χ2v) is 6.11. The molecule has 118 valence electrons. The van der Waals surface area contributed by atoms with Crippen LogP contribution in [0.5, 0.6) is 5.75 Å². The maximum atomic E-state index is 6.49. The summed E-state index contributed by atoms with van der Waals surface area (Å²) in [6, 6.07) is 9.12. The van der Waals surface area contributed by atoms with Crippen LogP contribution in [0.1, 0.15) is 31.9 Å². The van der Waals surface area contributed by atoms with Crippen LogP contribution in [0.2, 0.25) is 0 Å². The highest BCUT2D eigenvalue weighted by molar-refractivity contribution is 5.37. The Kier molecular flexibility index (Phi) is 5.62. The molecule has 0 spiro atoms. The van der Waals surface area contributed by atoms with E-state index in [0.29, 0.717) is 6.04 Å². The molecule has 0 saturated carbocycles. The second-order valence-electron chi connectivity index (χ2n) is 6.11. The predicted molar refractivity (Wildman–Crippen MR) is 87.7 cm³/mol. The molecule has 3 unspecified atom stereocenters. The van der Waals surface area contributed by atoms with Gasteiger partial charge in [0.15, 0.2) is 0 Å². The first-order valence-corrected chi connectivity index (χ1v) is 7.91. The number of rotatable bonds is 5. The SMILES string of the molecule is CCC(N)C(c1ccccc1OC)N1CCN(C)CC1C. The standard InChI is InChI=1S/C17H29N3O/c1-5-15(18)17(14-8-6-7-9-16(14)21-4)20-11-10-19(3)12-13(20)2/h6-9,13,15,17H,5,10-12,18H2,1-4H3. The highest BCUT2D eigenvalue weighted by Gasteiger charge is 2.33. The first kappa shape index (κ1) is 16.3. The number of hydrogen-bond acceptors (Lipinski definition) is 4. The fraction of sp³-hybridized carbons (Fsp3) is 0.647. The van der Waals surface area contributed by atoms with Gasteiger partial charge in [-0.05, 0) is 26.5 Å². The summed E-state index contributed by atoms with van der Waals surface area (Å²) in [4.78, 5) is 4.93. The fourth-order valence-electron chi connectivity index (χ4n) is 3.36. The van der Waals surface area contributed by atoms with E-state index in [9.17, 15) is 0 Å². The van der Waals surface area contributed by atoms with Gasteiger partial charge in [0.1, 0.15) is 5.75 Å². The molecular formula is C17H29N3O. The number of nitrogens with zero attached hydrogens (tertiary/aromatic N) is 2. The van der Waals surface area contributed by atoms with Crippen molar-refractivity contribution in [2.75, 3.05) is 33.8 Å². The topological polar surface area (TPSA) is 41.7 Å². The Balaban J connectivity index is 2.34. The van der Waals surface area contributed by atoms with Gasteiger partial charge in [0.05, 0.1) is 13.2 Å². The van der Waals surface area contributed by atoms with Crippen molar-refractivity contribution in [2.24, 2.45) is 5.73 Å². The van der Waals surface area contributed by atoms with E-state index in [1.165, 1.54) is 5.56 Å². The largest absolute Gasteiger partial charge is 0.496 e. The molecule has 3 atom stereocenters. The summed E-state index contributed by atoms with van der Waals surface area (Å²) in [5.74, 6) is 0.942. The van der Waals surface area contributed by atoms with E-state index in [2.05, 4.69) is 42.8 Å². The van der Waals surface area contributed by atoms with Crippen LogP contribution < -0.4 is 10.5 Å². The number of hydrogen-bond donors (Lipinski definition) is 1. The molecule has 1 aromatic rings. The Labute approximate surface area is 128 Å². The van der Waals surface area contributed by atoms with Crippen molar-refractivity contribution >= 4 is 0 Å². The third-order valence-corrected chi connectivity index (χ3v) is 4.57. The first-order chi connectivity index (χ1) is 10.1. The van der Waals surface area contributed by atoms with E-state index in [0.717, 1.165) is 31.8 Å². The summed E-state index contributed by atoms with van der Waals surface area (Å²) < 4.78 is 5.58. The Morgan fingerprint density at radius 1 is 1.33 bits per heavy atom. The summed E-state index contributed by atoms with van der Waals surface area (Å²) in [5, 5.41) is 0. The van der Waals surface area contributed by atoms with Gasteiger partial charge >= 0.3 is 0 Å². The number of likely N-dealkylation sites (N-methyl/N-ethyl adjacent to an activating group) is 1. The van der Waals surface area contributed by atoms with E-state index in [1.807, 2.05) is 12.1 Å². The van der Waals surface area contributed by atoms with Crippen LogP contribution in [-0.2, 0) is 0 Å². The Morgan fingerprint density at radius 2 is 2.05 bits per heavy atom. The quantitative estimate of drug-likeness (QED) is 0.902. The Bertz CT molecular complexity index is 451. The molecule has 1 heterocycles. The Morgan fingerprint density at radius 3 is 2.67 bits per heavy atom. The summed E-state index contributed by atoms with van der Waals surface area (Å²) >= 11 is 0. The van der Waals surface area contributed by atoms with Gasteiger partial charge in [0.25, 0.3) is 0 Å². The van der Waals surface area contributed by atoms with E-state index in [1.54, 1.807) is 7.11 Å². The molecule has 4 nitrogen and oxygen atoms in total. The van der Waals surface area contributed by atoms with E-state index < -0.39 is 0 Å². The van der Waals surface area contributed by atoms with Crippen LogP contribution in [0.25, 0.3) is 0 Å². The maximum Gasteiger partial charge on any atom is 0.123 e.